The van der Waals surface area contributed by atoms with Gasteiger partial charge in [0.2, 0.25) is 15.9 Å². The number of fused-ring (bicyclic) bond motifs is 1. The van der Waals surface area contributed by atoms with Crippen molar-refractivity contribution >= 4 is 26.7 Å². The molecule has 1 heterocycles. The molecule has 0 saturated carbocycles. The van der Waals surface area contributed by atoms with Crippen molar-refractivity contribution < 1.29 is 13.2 Å². The molecule has 31 heavy (non-hydrogen) atoms. The van der Waals surface area contributed by atoms with Crippen molar-refractivity contribution in [3.8, 4) is 0 Å². The lowest BCUT2D eigenvalue weighted by Gasteiger charge is -2.33. The predicted molar refractivity (Wildman–Crippen MR) is 123 cm³/mol. The highest BCUT2D eigenvalue weighted by molar-refractivity contribution is 7.89. The summed E-state index contributed by atoms with van der Waals surface area (Å²) in [4.78, 5) is 15.0. The molecule has 3 aromatic rings. The Morgan fingerprint density at radius 2 is 1.77 bits per heavy atom. The van der Waals surface area contributed by atoms with E-state index in [1.807, 2.05) is 30.0 Å². The van der Waals surface area contributed by atoms with Crippen molar-refractivity contribution in [2.24, 2.45) is 5.92 Å². The van der Waals surface area contributed by atoms with E-state index in [1.165, 1.54) is 0 Å². The van der Waals surface area contributed by atoms with Gasteiger partial charge >= 0.3 is 0 Å². The van der Waals surface area contributed by atoms with Crippen molar-refractivity contribution in [2.45, 2.75) is 31.1 Å². The van der Waals surface area contributed by atoms with E-state index in [0.29, 0.717) is 19.5 Å². The molecular weight excluding hydrogens is 408 g/mol. The lowest BCUT2D eigenvalue weighted by molar-refractivity contribution is -0.132. The monoisotopic (exact) mass is 436 g/mol. The average molecular weight is 437 g/mol. The first-order valence-corrected chi connectivity index (χ1v) is 12.2. The standard InChI is InChI=1S/C25H28N2O3S/c1-19-8-12-24(13-9-19)31(29,30)26-17-21-5-4-14-27(18-21)25(28)16-20-10-11-22-6-2-3-7-23(22)15-20/h2-3,6-13,15,21,26H,4-5,14,16-18H2,1H3/t21-/m1/s1. The highest BCUT2D eigenvalue weighted by Gasteiger charge is 2.25. The number of piperidine rings is 1. The zero-order valence-electron chi connectivity index (χ0n) is 17.8. The first kappa shape index (κ1) is 21.5. The third-order valence-corrected chi connectivity index (χ3v) is 7.37. The van der Waals surface area contributed by atoms with Gasteiger partial charge in [-0.3, -0.25) is 4.79 Å². The second-order valence-electron chi connectivity index (χ2n) is 8.37. The Balaban J connectivity index is 1.35. The number of benzene rings is 3. The molecule has 6 heteroatoms. The molecule has 3 aromatic carbocycles. The number of hydrogen-bond acceptors (Lipinski definition) is 3. The molecule has 1 atom stereocenters. The number of aryl methyl sites for hydroxylation is 1. The molecule has 1 N–H and O–H groups in total. The van der Waals surface area contributed by atoms with Gasteiger partial charge in [-0.2, -0.15) is 0 Å². The van der Waals surface area contributed by atoms with E-state index in [0.717, 1.165) is 41.3 Å². The molecule has 162 valence electrons. The molecule has 0 spiro atoms. The van der Waals surface area contributed by atoms with Crippen LogP contribution in [0.25, 0.3) is 10.8 Å². The van der Waals surface area contributed by atoms with Crippen LogP contribution >= 0.6 is 0 Å². The van der Waals surface area contributed by atoms with E-state index in [2.05, 4.69) is 29.0 Å². The van der Waals surface area contributed by atoms with Crippen molar-refractivity contribution in [3.63, 3.8) is 0 Å². The molecule has 1 amide bonds. The van der Waals surface area contributed by atoms with E-state index in [1.54, 1.807) is 24.3 Å². The van der Waals surface area contributed by atoms with Gasteiger partial charge in [0.25, 0.3) is 0 Å². The summed E-state index contributed by atoms with van der Waals surface area (Å²) in [5.74, 6) is 0.218. The number of likely N-dealkylation sites (tertiary alicyclic amines) is 1. The van der Waals surface area contributed by atoms with Gasteiger partial charge in [-0.15, -0.1) is 0 Å². The zero-order chi connectivity index (χ0) is 21.8. The van der Waals surface area contributed by atoms with Gasteiger partial charge in [0.15, 0.2) is 0 Å². The van der Waals surface area contributed by atoms with Gasteiger partial charge in [-0.1, -0.05) is 60.2 Å². The van der Waals surface area contributed by atoms with Crippen LogP contribution in [0.3, 0.4) is 0 Å². The Morgan fingerprint density at radius 3 is 2.55 bits per heavy atom. The van der Waals surface area contributed by atoms with E-state index < -0.39 is 10.0 Å². The quantitative estimate of drug-likeness (QED) is 0.637. The summed E-state index contributed by atoms with van der Waals surface area (Å²) in [6.45, 7) is 3.59. The van der Waals surface area contributed by atoms with E-state index in [4.69, 9.17) is 0 Å². The molecule has 0 radical (unpaired) electrons. The van der Waals surface area contributed by atoms with Crippen LogP contribution in [-0.4, -0.2) is 38.9 Å². The van der Waals surface area contributed by atoms with Crippen LogP contribution in [0, 0.1) is 12.8 Å². The smallest absolute Gasteiger partial charge is 0.240 e. The highest BCUT2D eigenvalue weighted by Crippen LogP contribution is 2.20. The Bertz CT molecular complexity index is 1170. The lowest BCUT2D eigenvalue weighted by atomic mass is 9.97. The fourth-order valence-corrected chi connectivity index (χ4v) is 5.24. The van der Waals surface area contributed by atoms with Gasteiger partial charge in [0, 0.05) is 19.6 Å². The normalized spacial score (nSPS) is 17.1. The van der Waals surface area contributed by atoms with Gasteiger partial charge in [-0.05, 0) is 54.2 Å². The molecule has 0 aromatic heterocycles. The summed E-state index contributed by atoms with van der Waals surface area (Å²) in [7, 11) is -3.54. The molecule has 5 nitrogen and oxygen atoms in total. The minimum absolute atomic E-state index is 0.0985. The number of nitrogens with zero attached hydrogens (tertiary/aromatic N) is 1. The number of hydrogen-bond donors (Lipinski definition) is 1. The Morgan fingerprint density at radius 1 is 1.03 bits per heavy atom. The van der Waals surface area contributed by atoms with Crippen molar-refractivity contribution in [2.75, 3.05) is 19.6 Å². The maximum absolute atomic E-state index is 12.9. The number of nitrogens with one attached hydrogen (secondary N) is 1. The lowest BCUT2D eigenvalue weighted by Crippen LogP contribution is -2.44. The Labute approximate surface area is 184 Å². The molecule has 1 fully saturated rings. The summed E-state index contributed by atoms with van der Waals surface area (Å²) in [6, 6.07) is 21.1. The molecule has 1 aliphatic heterocycles. The van der Waals surface area contributed by atoms with Crippen LogP contribution in [0.5, 0.6) is 0 Å². The van der Waals surface area contributed by atoms with Crippen LogP contribution < -0.4 is 4.72 Å². The van der Waals surface area contributed by atoms with Gasteiger partial charge in [-0.25, -0.2) is 13.1 Å². The SMILES string of the molecule is Cc1ccc(S(=O)(=O)NC[C@H]2CCCN(C(=O)Cc3ccc4ccccc4c3)C2)cc1. The summed E-state index contributed by atoms with van der Waals surface area (Å²) in [5.41, 5.74) is 2.03. The first-order chi connectivity index (χ1) is 14.9. The summed E-state index contributed by atoms with van der Waals surface area (Å²) in [5, 5.41) is 2.30. The minimum Gasteiger partial charge on any atom is -0.342 e. The molecule has 0 bridgehead atoms. The third-order valence-electron chi connectivity index (χ3n) is 5.93. The maximum Gasteiger partial charge on any atom is 0.240 e. The number of carbonyl (C=O) groups is 1. The molecule has 0 unspecified atom stereocenters. The largest absolute Gasteiger partial charge is 0.342 e. The van der Waals surface area contributed by atoms with Crippen molar-refractivity contribution in [3.05, 3.63) is 77.9 Å². The van der Waals surface area contributed by atoms with Crippen LogP contribution in [0.1, 0.15) is 24.0 Å². The molecule has 1 aliphatic rings. The van der Waals surface area contributed by atoms with Crippen LogP contribution in [-0.2, 0) is 21.2 Å². The third kappa shape index (κ3) is 5.32. The van der Waals surface area contributed by atoms with Crippen LogP contribution in [0.15, 0.2) is 71.6 Å². The van der Waals surface area contributed by atoms with Crippen LogP contribution in [0.2, 0.25) is 0 Å². The topological polar surface area (TPSA) is 66.5 Å². The fraction of sp³-hybridized carbons (Fsp3) is 0.320. The average Bonchev–Trinajstić information content (AvgIpc) is 2.78. The summed E-state index contributed by atoms with van der Waals surface area (Å²) >= 11 is 0. The van der Waals surface area contributed by atoms with Crippen LogP contribution in [0.4, 0.5) is 0 Å². The summed E-state index contributed by atoms with van der Waals surface area (Å²) < 4.78 is 27.8. The van der Waals surface area contributed by atoms with E-state index in [-0.39, 0.29) is 16.7 Å². The Kier molecular flexibility index (Phi) is 6.39. The fourth-order valence-electron chi connectivity index (χ4n) is 4.12. The minimum atomic E-state index is -3.54. The number of sulfonamides is 1. The second kappa shape index (κ2) is 9.20. The first-order valence-electron chi connectivity index (χ1n) is 10.7. The molecule has 4 rings (SSSR count). The van der Waals surface area contributed by atoms with Crippen molar-refractivity contribution in [1.82, 2.24) is 9.62 Å². The number of carbonyl (C=O) groups excluding carboxylic acids is 1. The maximum atomic E-state index is 12.9. The van der Waals surface area contributed by atoms with Gasteiger partial charge in [0.1, 0.15) is 0 Å². The molecule has 0 aliphatic carbocycles. The second-order valence-corrected chi connectivity index (χ2v) is 10.1. The van der Waals surface area contributed by atoms with E-state index >= 15 is 0 Å². The summed E-state index contributed by atoms with van der Waals surface area (Å²) in [6.07, 6.45) is 2.17. The molecular formula is C25H28N2O3S. The predicted octanol–water partition coefficient (Wildman–Crippen LogP) is 3.91. The van der Waals surface area contributed by atoms with Crippen molar-refractivity contribution in [1.29, 1.82) is 0 Å². The molecule has 1 saturated heterocycles. The highest BCUT2D eigenvalue weighted by atomic mass is 32.2. The number of amides is 1. The van der Waals surface area contributed by atoms with E-state index in [9.17, 15) is 13.2 Å². The van der Waals surface area contributed by atoms with Gasteiger partial charge < -0.3 is 4.90 Å². The van der Waals surface area contributed by atoms with Gasteiger partial charge in [0.05, 0.1) is 11.3 Å². The number of rotatable bonds is 6. The zero-order valence-corrected chi connectivity index (χ0v) is 18.6. The Hall–Kier alpha value is -2.70.